The molecule has 7 heteroatoms. The van der Waals surface area contributed by atoms with Crippen molar-refractivity contribution < 1.29 is 24.5 Å². The normalized spacial score (nSPS) is 25.2. The highest BCUT2D eigenvalue weighted by Gasteiger charge is 2.50. The van der Waals surface area contributed by atoms with Gasteiger partial charge < -0.3 is 25.2 Å². The zero-order chi connectivity index (χ0) is 25.5. The molecule has 7 nitrogen and oxygen atoms in total. The Kier molecular flexibility index (Phi) is 9.21. The minimum absolute atomic E-state index is 0.00835. The topological polar surface area (TPSA) is 99.1 Å². The summed E-state index contributed by atoms with van der Waals surface area (Å²) in [7, 11) is 0. The van der Waals surface area contributed by atoms with E-state index in [2.05, 4.69) is 11.9 Å². The third kappa shape index (κ3) is 5.84. The number of carbonyl (C=O) groups is 2. The van der Waals surface area contributed by atoms with E-state index >= 15 is 0 Å². The summed E-state index contributed by atoms with van der Waals surface area (Å²) in [5, 5.41) is 23.6. The Hall–Kier alpha value is -2.64. The number of allylic oxidation sites excluding steroid dienone is 1. The van der Waals surface area contributed by atoms with Gasteiger partial charge in [-0.2, -0.15) is 0 Å². The SMILES string of the molecule is C=CCCCCC(=O)N(CC1CCCCC1)[C@@H]1C=C(C(=O)NCCO)[C@@H]2c3ccccc3O[C@@H]2[C@H]1O. The number of hydrogen-bond acceptors (Lipinski definition) is 5. The van der Waals surface area contributed by atoms with E-state index in [4.69, 9.17) is 4.74 Å². The van der Waals surface area contributed by atoms with E-state index < -0.39 is 24.2 Å². The average Bonchev–Trinajstić information content (AvgIpc) is 3.30. The summed E-state index contributed by atoms with van der Waals surface area (Å²) in [6.07, 6.45) is 10.7. The highest BCUT2D eigenvalue weighted by Crippen LogP contribution is 2.47. The molecule has 0 spiro atoms. The maximum absolute atomic E-state index is 13.6. The molecule has 2 amide bonds. The summed E-state index contributed by atoms with van der Waals surface area (Å²) in [4.78, 5) is 28.6. The Morgan fingerprint density at radius 1 is 1.17 bits per heavy atom. The molecule has 3 aliphatic rings. The number of carbonyl (C=O) groups excluding carboxylic acids is 2. The molecule has 0 saturated heterocycles. The van der Waals surface area contributed by atoms with E-state index in [-0.39, 0.29) is 25.0 Å². The number of benzene rings is 1. The standard InChI is InChI=1S/C29H40N2O5/c1-2-3-4-8-15-25(33)31(19-20-11-6-5-7-12-20)23-18-22(29(35)30-16-17-32)26-21-13-9-10-14-24(21)36-28(26)27(23)34/h2,9-10,13-14,18,20,23,26-28,32,34H,1,3-8,11-12,15-17,19H2,(H,30,35)/t23-,26+,27+,28+/m1/s1. The zero-order valence-electron chi connectivity index (χ0n) is 21.1. The Balaban J connectivity index is 1.66. The molecule has 0 aromatic heterocycles. The highest BCUT2D eigenvalue weighted by molar-refractivity contribution is 5.96. The lowest BCUT2D eigenvalue weighted by Gasteiger charge is -2.42. The molecule has 1 aliphatic heterocycles. The van der Waals surface area contributed by atoms with E-state index in [1.807, 2.05) is 35.2 Å². The van der Waals surface area contributed by atoms with Gasteiger partial charge in [-0.15, -0.1) is 6.58 Å². The number of nitrogens with one attached hydrogen (secondary N) is 1. The van der Waals surface area contributed by atoms with Crippen molar-refractivity contribution in [1.82, 2.24) is 10.2 Å². The van der Waals surface area contributed by atoms with Crippen LogP contribution < -0.4 is 10.1 Å². The second kappa shape index (κ2) is 12.5. The van der Waals surface area contributed by atoms with E-state index in [1.165, 1.54) is 6.42 Å². The van der Waals surface area contributed by atoms with Gasteiger partial charge in [0.1, 0.15) is 18.0 Å². The molecular weight excluding hydrogens is 456 g/mol. The number of unbranched alkanes of at least 4 members (excludes halogenated alkanes) is 2. The van der Waals surface area contributed by atoms with Crippen molar-refractivity contribution in [2.75, 3.05) is 19.7 Å². The molecule has 196 valence electrons. The first kappa shape index (κ1) is 26.4. The monoisotopic (exact) mass is 496 g/mol. The van der Waals surface area contributed by atoms with Crippen LogP contribution in [-0.4, -0.2) is 64.9 Å². The summed E-state index contributed by atoms with van der Waals surface area (Å²) in [5.74, 6) is 0.330. The van der Waals surface area contributed by atoms with Crippen molar-refractivity contribution >= 4 is 11.8 Å². The molecule has 3 N–H and O–H groups in total. The lowest BCUT2D eigenvalue weighted by Crippen LogP contribution is -2.56. The number of hydrogen-bond donors (Lipinski definition) is 3. The fourth-order valence-corrected chi connectivity index (χ4v) is 5.94. The van der Waals surface area contributed by atoms with Gasteiger partial charge in [0.15, 0.2) is 0 Å². The van der Waals surface area contributed by atoms with Crippen molar-refractivity contribution in [3.63, 3.8) is 0 Å². The van der Waals surface area contributed by atoms with Crippen LogP contribution in [0.15, 0.2) is 48.6 Å². The van der Waals surface area contributed by atoms with Crippen molar-refractivity contribution in [3.8, 4) is 5.75 Å². The van der Waals surface area contributed by atoms with Crippen LogP contribution in [0.25, 0.3) is 0 Å². The summed E-state index contributed by atoms with van der Waals surface area (Å²) < 4.78 is 6.20. The lowest BCUT2D eigenvalue weighted by atomic mass is 9.77. The fraction of sp³-hybridized carbons (Fsp3) is 0.586. The average molecular weight is 497 g/mol. The van der Waals surface area contributed by atoms with Crippen LogP contribution in [0.3, 0.4) is 0 Å². The van der Waals surface area contributed by atoms with Gasteiger partial charge in [-0.3, -0.25) is 9.59 Å². The Morgan fingerprint density at radius 3 is 2.69 bits per heavy atom. The molecule has 4 rings (SSSR count). The van der Waals surface area contributed by atoms with E-state index in [1.54, 1.807) is 6.08 Å². The van der Waals surface area contributed by atoms with E-state index in [0.717, 1.165) is 50.5 Å². The number of fused-ring (bicyclic) bond motifs is 3. The minimum Gasteiger partial charge on any atom is -0.486 e. The maximum atomic E-state index is 13.6. The molecule has 1 aromatic rings. The quantitative estimate of drug-likeness (QED) is 0.322. The van der Waals surface area contributed by atoms with Gasteiger partial charge in [0, 0.05) is 30.6 Å². The summed E-state index contributed by atoms with van der Waals surface area (Å²) in [5.41, 5.74) is 1.35. The molecule has 2 aliphatic carbocycles. The van der Waals surface area contributed by atoms with Crippen molar-refractivity contribution in [1.29, 1.82) is 0 Å². The van der Waals surface area contributed by atoms with E-state index in [9.17, 15) is 19.8 Å². The minimum atomic E-state index is -0.961. The van der Waals surface area contributed by atoms with Crippen molar-refractivity contribution in [2.24, 2.45) is 5.92 Å². The van der Waals surface area contributed by atoms with Gasteiger partial charge in [-0.25, -0.2) is 0 Å². The molecule has 1 heterocycles. The predicted octanol–water partition coefficient (Wildman–Crippen LogP) is 3.46. The number of amides is 2. The number of aliphatic hydroxyl groups is 2. The number of nitrogens with zero attached hydrogens (tertiary/aromatic N) is 1. The smallest absolute Gasteiger partial charge is 0.247 e. The molecular formula is C29H40N2O5. The zero-order valence-corrected chi connectivity index (χ0v) is 21.1. The second-order valence-corrected chi connectivity index (χ2v) is 10.3. The van der Waals surface area contributed by atoms with Crippen molar-refractivity contribution in [3.05, 3.63) is 54.1 Å². The first-order chi connectivity index (χ1) is 17.5. The third-order valence-electron chi connectivity index (χ3n) is 7.79. The number of rotatable bonds is 11. The van der Waals surface area contributed by atoms with Crippen LogP contribution >= 0.6 is 0 Å². The molecule has 0 radical (unpaired) electrons. The third-order valence-corrected chi connectivity index (χ3v) is 7.79. The van der Waals surface area contributed by atoms with Crippen LogP contribution in [0.2, 0.25) is 0 Å². The Bertz CT molecular complexity index is 955. The Morgan fingerprint density at radius 2 is 1.94 bits per heavy atom. The molecule has 1 saturated carbocycles. The number of aliphatic hydroxyl groups excluding tert-OH is 2. The molecule has 36 heavy (non-hydrogen) atoms. The van der Waals surface area contributed by atoms with Crippen LogP contribution in [0.5, 0.6) is 5.75 Å². The summed E-state index contributed by atoms with van der Waals surface area (Å²) in [6.45, 7) is 4.31. The van der Waals surface area contributed by atoms with Gasteiger partial charge in [0.25, 0.3) is 0 Å². The van der Waals surface area contributed by atoms with Crippen molar-refractivity contribution in [2.45, 2.75) is 82.0 Å². The summed E-state index contributed by atoms with van der Waals surface area (Å²) >= 11 is 0. The van der Waals surface area contributed by atoms with Crippen LogP contribution in [0.1, 0.15) is 69.3 Å². The lowest BCUT2D eigenvalue weighted by molar-refractivity contribution is -0.138. The summed E-state index contributed by atoms with van der Waals surface area (Å²) in [6, 6.07) is 6.89. The van der Waals surface area contributed by atoms with Crippen LogP contribution in [0, 0.1) is 5.92 Å². The molecule has 0 bridgehead atoms. The first-order valence-electron chi connectivity index (χ1n) is 13.5. The molecule has 4 atom stereocenters. The molecule has 1 aromatic carbocycles. The highest BCUT2D eigenvalue weighted by atomic mass is 16.5. The number of ether oxygens (including phenoxy) is 1. The number of para-hydroxylation sites is 1. The Labute approximate surface area is 214 Å². The first-order valence-corrected chi connectivity index (χ1v) is 13.5. The molecule has 0 unspecified atom stereocenters. The van der Waals surface area contributed by atoms with Gasteiger partial charge in [-0.05, 0) is 50.2 Å². The predicted molar refractivity (Wildman–Crippen MR) is 139 cm³/mol. The van der Waals surface area contributed by atoms with Gasteiger partial charge >= 0.3 is 0 Å². The van der Waals surface area contributed by atoms with Gasteiger partial charge in [0.05, 0.1) is 18.6 Å². The second-order valence-electron chi connectivity index (χ2n) is 10.3. The van der Waals surface area contributed by atoms with Crippen LogP contribution in [-0.2, 0) is 9.59 Å². The van der Waals surface area contributed by atoms with Gasteiger partial charge in [-0.1, -0.05) is 43.5 Å². The largest absolute Gasteiger partial charge is 0.486 e. The van der Waals surface area contributed by atoms with E-state index in [0.29, 0.717) is 30.2 Å². The van der Waals surface area contributed by atoms with Crippen LogP contribution in [0.4, 0.5) is 0 Å². The molecule has 1 fully saturated rings. The van der Waals surface area contributed by atoms with Gasteiger partial charge in [0.2, 0.25) is 11.8 Å². The fourth-order valence-electron chi connectivity index (χ4n) is 5.94. The maximum Gasteiger partial charge on any atom is 0.247 e.